The molecule has 4 nitrogen and oxygen atoms in total. The number of carbonyl (C=O) groups is 1. The van der Waals surface area contributed by atoms with Crippen molar-refractivity contribution in [1.82, 2.24) is 4.98 Å². The molecule has 0 bridgehead atoms. The highest BCUT2D eigenvalue weighted by Crippen LogP contribution is 2.25. The topological polar surface area (TPSA) is 51.2 Å². The first-order chi connectivity index (χ1) is 8.70. The van der Waals surface area contributed by atoms with Gasteiger partial charge in [0.2, 0.25) is 0 Å². The average Bonchev–Trinajstić information content (AvgIpc) is 2.40. The molecule has 2 aromatic rings. The zero-order chi connectivity index (χ0) is 13.0. The van der Waals surface area contributed by atoms with Gasteiger partial charge in [-0.1, -0.05) is 6.07 Å². The molecule has 0 aliphatic carbocycles. The van der Waals surface area contributed by atoms with Crippen LogP contribution in [-0.4, -0.2) is 18.0 Å². The number of rotatable bonds is 3. The van der Waals surface area contributed by atoms with Gasteiger partial charge in [0.25, 0.3) is 5.91 Å². The Morgan fingerprint density at radius 3 is 2.53 bits per heavy atom. The van der Waals surface area contributed by atoms with Crippen LogP contribution >= 0.6 is 12.4 Å². The molecule has 1 aromatic heterocycles. The van der Waals surface area contributed by atoms with Gasteiger partial charge < -0.3 is 10.1 Å². The highest BCUT2D eigenvalue weighted by molar-refractivity contribution is 6.04. The Morgan fingerprint density at radius 2 is 1.89 bits per heavy atom. The van der Waals surface area contributed by atoms with E-state index in [2.05, 4.69) is 10.3 Å². The number of carbonyl (C=O) groups excluding carboxylic acids is 1. The summed E-state index contributed by atoms with van der Waals surface area (Å²) in [5.41, 5.74) is 2.29. The van der Waals surface area contributed by atoms with E-state index in [0.717, 1.165) is 5.56 Å². The third-order valence-electron chi connectivity index (χ3n) is 2.55. The Morgan fingerprint density at radius 1 is 1.21 bits per heavy atom. The van der Waals surface area contributed by atoms with Crippen molar-refractivity contribution in [2.75, 3.05) is 12.4 Å². The fraction of sp³-hybridized carbons (Fsp3) is 0.143. The lowest BCUT2D eigenvalue weighted by Crippen LogP contribution is -2.12. The molecule has 2 rings (SSSR count). The van der Waals surface area contributed by atoms with Gasteiger partial charge in [-0.2, -0.15) is 0 Å². The number of aromatic nitrogens is 1. The van der Waals surface area contributed by atoms with Crippen molar-refractivity contribution in [2.45, 2.75) is 6.92 Å². The number of halogens is 1. The van der Waals surface area contributed by atoms with Crippen molar-refractivity contribution >= 4 is 24.0 Å². The van der Waals surface area contributed by atoms with Crippen molar-refractivity contribution < 1.29 is 9.53 Å². The first-order valence-electron chi connectivity index (χ1n) is 5.56. The molecule has 5 heteroatoms. The van der Waals surface area contributed by atoms with Gasteiger partial charge in [-0.25, -0.2) is 0 Å². The normalized spacial score (nSPS) is 9.37. The van der Waals surface area contributed by atoms with Crippen molar-refractivity contribution in [3.63, 3.8) is 0 Å². The van der Waals surface area contributed by atoms with E-state index in [-0.39, 0.29) is 18.3 Å². The summed E-state index contributed by atoms with van der Waals surface area (Å²) in [5, 5.41) is 2.83. The van der Waals surface area contributed by atoms with Crippen LogP contribution in [0.5, 0.6) is 5.75 Å². The number of aryl methyl sites for hydroxylation is 1. The first kappa shape index (κ1) is 15.0. The number of anilines is 1. The predicted octanol–water partition coefficient (Wildman–Crippen LogP) is 3.07. The van der Waals surface area contributed by atoms with Gasteiger partial charge in [0, 0.05) is 18.0 Å². The number of nitrogens with zero attached hydrogens (tertiary/aromatic N) is 1. The smallest absolute Gasteiger partial charge is 0.255 e. The lowest BCUT2D eigenvalue weighted by atomic mass is 10.2. The maximum absolute atomic E-state index is 12.0. The summed E-state index contributed by atoms with van der Waals surface area (Å²) < 4.78 is 5.21. The average molecular weight is 279 g/mol. The minimum absolute atomic E-state index is 0. The quantitative estimate of drug-likeness (QED) is 0.939. The van der Waals surface area contributed by atoms with Crippen LogP contribution in [0.15, 0.2) is 42.7 Å². The predicted molar refractivity (Wildman–Crippen MR) is 77.2 cm³/mol. The Bertz CT molecular complexity index is 559. The molecule has 1 heterocycles. The molecule has 0 aliphatic rings. The van der Waals surface area contributed by atoms with E-state index >= 15 is 0 Å². The molecular formula is C14H15ClN2O2. The molecule has 1 aromatic carbocycles. The van der Waals surface area contributed by atoms with Crippen molar-refractivity contribution in [1.29, 1.82) is 0 Å². The number of nitrogens with one attached hydrogen (secondary N) is 1. The molecule has 1 N–H and O–H groups in total. The highest BCUT2D eigenvalue weighted by atomic mass is 35.5. The summed E-state index contributed by atoms with van der Waals surface area (Å²) in [5.74, 6) is 0.462. The number of hydrogen-bond acceptors (Lipinski definition) is 3. The summed E-state index contributed by atoms with van der Waals surface area (Å²) >= 11 is 0. The Balaban J connectivity index is 0.00000180. The van der Waals surface area contributed by atoms with Crippen LogP contribution in [0.3, 0.4) is 0 Å². The van der Waals surface area contributed by atoms with Crippen LogP contribution in [0.2, 0.25) is 0 Å². The van der Waals surface area contributed by atoms with Gasteiger partial charge in [-0.15, -0.1) is 12.4 Å². The number of pyridine rings is 1. The third-order valence-corrected chi connectivity index (χ3v) is 2.55. The maximum Gasteiger partial charge on any atom is 0.255 e. The third kappa shape index (κ3) is 3.69. The van der Waals surface area contributed by atoms with E-state index in [9.17, 15) is 4.79 Å². The van der Waals surface area contributed by atoms with Gasteiger partial charge in [-0.05, 0) is 36.8 Å². The molecule has 0 fully saturated rings. The molecule has 100 valence electrons. The second kappa shape index (κ2) is 6.75. The van der Waals surface area contributed by atoms with E-state index in [1.807, 2.05) is 25.1 Å². The number of hydrogen-bond donors (Lipinski definition) is 1. The Hall–Kier alpha value is -2.07. The first-order valence-corrected chi connectivity index (χ1v) is 5.56. The maximum atomic E-state index is 12.0. The van der Waals surface area contributed by atoms with Crippen LogP contribution in [0, 0.1) is 6.92 Å². The highest BCUT2D eigenvalue weighted by Gasteiger charge is 2.09. The van der Waals surface area contributed by atoms with Gasteiger partial charge in [0.15, 0.2) is 0 Å². The lowest BCUT2D eigenvalue weighted by Gasteiger charge is -2.10. The molecule has 19 heavy (non-hydrogen) atoms. The van der Waals surface area contributed by atoms with Crippen molar-refractivity contribution in [3.05, 3.63) is 53.9 Å². The van der Waals surface area contributed by atoms with Crippen molar-refractivity contribution in [2.24, 2.45) is 0 Å². The molecule has 0 aliphatic heterocycles. The molecule has 0 spiro atoms. The summed E-state index contributed by atoms with van der Waals surface area (Å²) in [7, 11) is 1.58. The standard InChI is InChI=1S/C14H14N2O2.ClH/c1-10-3-4-13(18-2)12(9-10)16-14(17)11-5-7-15-8-6-11;/h3-9H,1-2H3,(H,16,17);1H. The summed E-state index contributed by atoms with van der Waals surface area (Å²) in [6.45, 7) is 1.96. The summed E-state index contributed by atoms with van der Waals surface area (Å²) in [6, 6.07) is 8.96. The Labute approximate surface area is 118 Å². The van der Waals surface area contributed by atoms with Crippen LogP contribution in [0.4, 0.5) is 5.69 Å². The van der Waals surface area contributed by atoms with Crippen LogP contribution in [0.25, 0.3) is 0 Å². The number of ether oxygens (including phenoxy) is 1. The molecule has 0 saturated heterocycles. The molecule has 0 unspecified atom stereocenters. The molecule has 0 radical (unpaired) electrons. The van der Waals surface area contributed by atoms with Gasteiger partial charge in [0.1, 0.15) is 5.75 Å². The van der Waals surface area contributed by atoms with Crippen LogP contribution in [0.1, 0.15) is 15.9 Å². The van der Waals surface area contributed by atoms with E-state index in [4.69, 9.17) is 4.74 Å². The van der Waals surface area contributed by atoms with E-state index in [1.165, 1.54) is 0 Å². The summed E-state index contributed by atoms with van der Waals surface area (Å²) in [4.78, 5) is 15.9. The SMILES string of the molecule is COc1ccc(C)cc1NC(=O)c1ccncc1.Cl. The number of benzene rings is 1. The zero-order valence-electron chi connectivity index (χ0n) is 10.7. The van der Waals surface area contributed by atoms with Gasteiger partial charge in [0.05, 0.1) is 12.8 Å². The zero-order valence-corrected chi connectivity index (χ0v) is 11.5. The largest absolute Gasteiger partial charge is 0.495 e. The monoisotopic (exact) mass is 278 g/mol. The minimum atomic E-state index is -0.179. The van der Waals surface area contributed by atoms with Crippen molar-refractivity contribution in [3.8, 4) is 5.75 Å². The van der Waals surface area contributed by atoms with Crippen LogP contribution < -0.4 is 10.1 Å². The molecule has 0 atom stereocenters. The lowest BCUT2D eigenvalue weighted by molar-refractivity contribution is 0.102. The van der Waals surface area contributed by atoms with Crippen LogP contribution in [-0.2, 0) is 0 Å². The summed E-state index contributed by atoms with van der Waals surface area (Å²) in [6.07, 6.45) is 3.17. The van der Waals surface area contributed by atoms with E-state index in [1.54, 1.807) is 31.6 Å². The van der Waals surface area contributed by atoms with Gasteiger partial charge in [-0.3, -0.25) is 9.78 Å². The van der Waals surface area contributed by atoms with E-state index in [0.29, 0.717) is 17.0 Å². The molecular weight excluding hydrogens is 264 g/mol. The second-order valence-corrected chi connectivity index (χ2v) is 3.89. The molecule has 1 amide bonds. The molecule has 0 saturated carbocycles. The minimum Gasteiger partial charge on any atom is -0.495 e. The fourth-order valence-corrected chi connectivity index (χ4v) is 1.62. The second-order valence-electron chi connectivity index (χ2n) is 3.89. The number of amides is 1. The Kier molecular flexibility index (Phi) is 5.33. The number of methoxy groups -OCH3 is 1. The van der Waals surface area contributed by atoms with Gasteiger partial charge >= 0.3 is 0 Å². The van der Waals surface area contributed by atoms with E-state index < -0.39 is 0 Å². The fourth-order valence-electron chi connectivity index (χ4n) is 1.62.